The first kappa shape index (κ1) is 25.0. The molecule has 0 aromatic heterocycles. The normalized spacial score (nSPS) is 20.0. The highest BCUT2D eigenvalue weighted by Crippen LogP contribution is 2.52. The fraction of sp³-hybridized carbons (Fsp3) is 0.310. The van der Waals surface area contributed by atoms with Gasteiger partial charge in [0.15, 0.2) is 11.5 Å². The molecule has 7 nitrogen and oxygen atoms in total. The van der Waals surface area contributed by atoms with Gasteiger partial charge in [-0.3, -0.25) is 4.72 Å². The van der Waals surface area contributed by atoms with Crippen molar-refractivity contribution in [2.24, 2.45) is 5.92 Å². The average Bonchev–Trinajstić information content (AvgIpc) is 3.39. The third-order valence-corrected chi connectivity index (χ3v) is 8.69. The van der Waals surface area contributed by atoms with Gasteiger partial charge < -0.3 is 19.5 Å². The van der Waals surface area contributed by atoms with Crippen LogP contribution in [-0.2, 0) is 10.0 Å². The van der Waals surface area contributed by atoms with Gasteiger partial charge in [0.25, 0.3) is 10.0 Å². The first-order valence-electron chi connectivity index (χ1n) is 12.2. The van der Waals surface area contributed by atoms with Crippen LogP contribution in [0.3, 0.4) is 0 Å². The molecule has 2 aliphatic rings. The number of hydrogen-bond acceptors (Lipinski definition) is 6. The van der Waals surface area contributed by atoms with Gasteiger partial charge in [-0.25, -0.2) is 8.42 Å². The van der Waals surface area contributed by atoms with E-state index in [0.717, 1.165) is 34.4 Å². The second-order valence-electron chi connectivity index (χ2n) is 9.61. The lowest BCUT2D eigenvalue weighted by atomic mass is 9.77. The van der Waals surface area contributed by atoms with Gasteiger partial charge in [-0.1, -0.05) is 24.3 Å². The second kappa shape index (κ2) is 9.67. The molecule has 0 radical (unpaired) electrons. The van der Waals surface area contributed by atoms with Crippen molar-refractivity contribution in [2.75, 3.05) is 31.4 Å². The van der Waals surface area contributed by atoms with Crippen molar-refractivity contribution in [3.05, 3.63) is 82.9 Å². The van der Waals surface area contributed by atoms with Crippen LogP contribution in [0.5, 0.6) is 17.2 Å². The summed E-state index contributed by atoms with van der Waals surface area (Å²) < 4.78 is 46.1. The summed E-state index contributed by atoms with van der Waals surface area (Å²) in [5.74, 6) is 2.05. The van der Waals surface area contributed by atoms with Crippen molar-refractivity contribution in [2.45, 2.75) is 37.1 Å². The molecule has 1 aliphatic heterocycles. The zero-order chi connectivity index (χ0) is 26.3. The van der Waals surface area contributed by atoms with E-state index in [4.69, 9.17) is 14.2 Å². The minimum atomic E-state index is -3.76. The fourth-order valence-corrected chi connectivity index (χ4v) is 6.56. The maximum Gasteiger partial charge on any atom is 0.261 e. The standard InChI is InChI=1S/C29H32N2O5S/c1-17-9-10-18(2)25(13-17)31-37(32,33)20-11-12-24-23(16-20)21-7-6-8-22(21)28(30-24)19-14-26(34-3)29(36-5)27(15-19)35-4/h6-7,9-16,21-22,28,30-31H,8H2,1-5H3/t21-,22+,28+/m0/s1. The minimum Gasteiger partial charge on any atom is -0.493 e. The number of fused-ring (bicyclic) bond motifs is 3. The van der Waals surface area contributed by atoms with Crippen molar-refractivity contribution < 1.29 is 22.6 Å². The maximum atomic E-state index is 13.3. The number of allylic oxidation sites excluding steroid dienone is 2. The third-order valence-electron chi connectivity index (χ3n) is 7.33. The minimum absolute atomic E-state index is 0.0169. The number of sulfonamides is 1. The third kappa shape index (κ3) is 4.50. The summed E-state index contributed by atoms with van der Waals surface area (Å²) in [5, 5.41) is 3.66. The molecule has 5 rings (SSSR count). The Morgan fingerprint density at radius 3 is 2.32 bits per heavy atom. The van der Waals surface area contributed by atoms with Gasteiger partial charge in [-0.05, 0) is 84.8 Å². The first-order valence-corrected chi connectivity index (χ1v) is 13.7. The number of nitrogens with one attached hydrogen (secondary N) is 2. The van der Waals surface area contributed by atoms with Crippen molar-refractivity contribution in [1.29, 1.82) is 0 Å². The molecule has 3 aromatic rings. The predicted octanol–water partition coefficient (Wildman–Crippen LogP) is 5.96. The summed E-state index contributed by atoms with van der Waals surface area (Å²) in [7, 11) is 1.06. The number of aryl methyl sites for hydroxylation is 2. The van der Waals surface area contributed by atoms with Gasteiger partial charge in [-0.15, -0.1) is 0 Å². The van der Waals surface area contributed by atoms with Crippen LogP contribution in [0.25, 0.3) is 0 Å². The van der Waals surface area contributed by atoms with E-state index in [-0.39, 0.29) is 22.8 Å². The van der Waals surface area contributed by atoms with Crippen LogP contribution in [0.15, 0.2) is 65.6 Å². The van der Waals surface area contributed by atoms with Gasteiger partial charge in [-0.2, -0.15) is 0 Å². The van der Waals surface area contributed by atoms with Crippen LogP contribution in [-0.4, -0.2) is 29.7 Å². The predicted molar refractivity (Wildman–Crippen MR) is 146 cm³/mol. The van der Waals surface area contributed by atoms with Crippen molar-refractivity contribution >= 4 is 21.4 Å². The molecule has 37 heavy (non-hydrogen) atoms. The van der Waals surface area contributed by atoms with E-state index in [1.165, 1.54) is 0 Å². The molecule has 0 fully saturated rings. The highest BCUT2D eigenvalue weighted by atomic mass is 32.2. The number of rotatable bonds is 7. The van der Waals surface area contributed by atoms with Gasteiger partial charge in [0, 0.05) is 11.6 Å². The molecular formula is C29H32N2O5S. The van der Waals surface area contributed by atoms with Crippen molar-refractivity contribution in [3.63, 3.8) is 0 Å². The molecule has 0 amide bonds. The molecule has 0 saturated heterocycles. The smallest absolute Gasteiger partial charge is 0.261 e. The van der Waals surface area contributed by atoms with E-state index >= 15 is 0 Å². The SMILES string of the molecule is COc1cc([C@H]2Nc3ccc(S(=O)(=O)Nc4cc(C)ccc4C)cc3[C@H]3C=CC[C@H]32)cc(OC)c1OC. The molecule has 0 saturated carbocycles. The molecule has 194 valence electrons. The van der Waals surface area contributed by atoms with Gasteiger partial charge in [0.2, 0.25) is 5.75 Å². The zero-order valence-electron chi connectivity index (χ0n) is 21.7. The summed E-state index contributed by atoms with van der Waals surface area (Å²) in [6.45, 7) is 3.84. The van der Waals surface area contributed by atoms with E-state index in [1.807, 2.05) is 50.2 Å². The number of benzene rings is 3. The lowest BCUT2D eigenvalue weighted by molar-refractivity contribution is 0.322. The summed E-state index contributed by atoms with van der Waals surface area (Å²) in [6.07, 6.45) is 5.23. The first-order chi connectivity index (χ1) is 17.7. The van der Waals surface area contributed by atoms with Crippen molar-refractivity contribution in [1.82, 2.24) is 0 Å². The topological polar surface area (TPSA) is 85.9 Å². The number of ether oxygens (including phenoxy) is 3. The molecule has 0 unspecified atom stereocenters. The summed E-state index contributed by atoms with van der Waals surface area (Å²) in [4.78, 5) is 0.249. The Morgan fingerprint density at radius 2 is 1.65 bits per heavy atom. The summed E-state index contributed by atoms with van der Waals surface area (Å²) >= 11 is 0. The van der Waals surface area contributed by atoms with Crippen LogP contribution in [0.4, 0.5) is 11.4 Å². The molecule has 1 aliphatic carbocycles. The number of methoxy groups -OCH3 is 3. The molecule has 0 spiro atoms. The van der Waals surface area contributed by atoms with Crippen LogP contribution >= 0.6 is 0 Å². The summed E-state index contributed by atoms with van der Waals surface area (Å²) in [5.41, 5.74) is 5.38. The van der Waals surface area contributed by atoms with Gasteiger partial charge >= 0.3 is 0 Å². The number of anilines is 2. The molecule has 0 bridgehead atoms. The lowest BCUT2D eigenvalue weighted by Gasteiger charge is -2.38. The highest BCUT2D eigenvalue weighted by molar-refractivity contribution is 7.92. The van der Waals surface area contributed by atoms with Crippen LogP contribution in [0.2, 0.25) is 0 Å². The average molecular weight is 521 g/mol. The fourth-order valence-electron chi connectivity index (χ4n) is 5.40. The van der Waals surface area contributed by atoms with Crippen molar-refractivity contribution in [3.8, 4) is 17.2 Å². The van der Waals surface area contributed by atoms with E-state index in [1.54, 1.807) is 33.5 Å². The lowest BCUT2D eigenvalue weighted by Crippen LogP contribution is -2.29. The Hall–Kier alpha value is -3.65. The Labute approximate surface area is 218 Å². The second-order valence-corrected chi connectivity index (χ2v) is 11.3. The molecule has 8 heteroatoms. The van der Waals surface area contributed by atoms with E-state index < -0.39 is 10.0 Å². The maximum absolute atomic E-state index is 13.3. The highest BCUT2D eigenvalue weighted by Gasteiger charge is 2.39. The van der Waals surface area contributed by atoms with E-state index in [0.29, 0.717) is 22.9 Å². The number of hydrogen-bond donors (Lipinski definition) is 2. The zero-order valence-corrected chi connectivity index (χ0v) is 22.5. The van der Waals surface area contributed by atoms with Crippen LogP contribution in [0.1, 0.15) is 40.6 Å². The quantitative estimate of drug-likeness (QED) is 0.374. The van der Waals surface area contributed by atoms with Crippen LogP contribution in [0, 0.1) is 19.8 Å². The Balaban J connectivity index is 1.51. The molecule has 2 N–H and O–H groups in total. The Bertz CT molecular complexity index is 1460. The Kier molecular flexibility index (Phi) is 6.54. The van der Waals surface area contributed by atoms with Gasteiger partial charge in [0.05, 0.1) is 38.0 Å². The molecular weight excluding hydrogens is 488 g/mol. The van der Waals surface area contributed by atoms with Crippen LogP contribution < -0.4 is 24.2 Å². The molecule has 1 heterocycles. The molecule has 3 atom stereocenters. The molecule has 3 aromatic carbocycles. The summed E-state index contributed by atoms with van der Waals surface area (Å²) in [6, 6.07) is 15.0. The van der Waals surface area contributed by atoms with E-state index in [2.05, 4.69) is 22.2 Å². The monoisotopic (exact) mass is 520 g/mol. The largest absolute Gasteiger partial charge is 0.493 e. The van der Waals surface area contributed by atoms with E-state index in [9.17, 15) is 8.42 Å². The van der Waals surface area contributed by atoms with Gasteiger partial charge in [0.1, 0.15) is 0 Å². The Morgan fingerprint density at radius 1 is 0.919 bits per heavy atom.